The van der Waals surface area contributed by atoms with Crippen LogP contribution in [0.3, 0.4) is 0 Å². The minimum absolute atomic E-state index is 0.000347. The minimum atomic E-state index is -0.139. The Morgan fingerprint density at radius 3 is 2.50 bits per heavy atom. The maximum atomic E-state index is 13.3. The number of halogens is 1. The molecule has 1 fully saturated rings. The van der Waals surface area contributed by atoms with Gasteiger partial charge in [-0.25, -0.2) is 4.39 Å². The Kier molecular flexibility index (Phi) is 2.79. The van der Waals surface area contributed by atoms with Crippen LogP contribution in [-0.4, -0.2) is 6.54 Å². The second kappa shape index (κ2) is 3.85. The van der Waals surface area contributed by atoms with Crippen LogP contribution in [0.4, 0.5) is 4.39 Å². The summed E-state index contributed by atoms with van der Waals surface area (Å²) >= 11 is 0. The zero-order valence-electron chi connectivity index (χ0n) is 10.3. The maximum Gasteiger partial charge on any atom is 0.123 e. The molecule has 2 heteroatoms. The molecule has 1 N–H and O–H groups in total. The monoisotopic (exact) mass is 221 g/mol. The van der Waals surface area contributed by atoms with E-state index in [-0.39, 0.29) is 16.8 Å². The van der Waals surface area contributed by atoms with Crippen LogP contribution in [0.25, 0.3) is 0 Å². The number of hydrogen-bond acceptors (Lipinski definition) is 1. The van der Waals surface area contributed by atoms with E-state index in [9.17, 15) is 4.39 Å². The molecule has 0 saturated carbocycles. The second-order valence-corrected chi connectivity index (χ2v) is 6.01. The fourth-order valence-corrected chi connectivity index (χ4v) is 2.62. The second-order valence-electron chi connectivity index (χ2n) is 6.01. The van der Waals surface area contributed by atoms with Gasteiger partial charge in [0.25, 0.3) is 0 Å². The quantitative estimate of drug-likeness (QED) is 0.806. The molecule has 0 spiro atoms. The van der Waals surface area contributed by atoms with Gasteiger partial charge in [0, 0.05) is 5.54 Å². The molecule has 1 aliphatic rings. The van der Waals surface area contributed by atoms with E-state index in [1.54, 1.807) is 12.1 Å². The molecule has 1 aromatic rings. The van der Waals surface area contributed by atoms with E-state index in [0.717, 1.165) is 24.9 Å². The molecule has 1 unspecified atom stereocenters. The van der Waals surface area contributed by atoms with Crippen molar-refractivity contribution in [2.45, 2.75) is 39.2 Å². The highest BCUT2D eigenvalue weighted by atomic mass is 19.1. The summed E-state index contributed by atoms with van der Waals surface area (Å²) in [5.74, 6) is -0.139. The van der Waals surface area contributed by atoms with E-state index in [4.69, 9.17) is 0 Å². The van der Waals surface area contributed by atoms with Gasteiger partial charge in [-0.1, -0.05) is 32.9 Å². The van der Waals surface area contributed by atoms with Gasteiger partial charge in [-0.15, -0.1) is 0 Å². The highest BCUT2D eigenvalue weighted by molar-refractivity contribution is 5.28. The largest absolute Gasteiger partial charge is 0.307 e. The summed E-state index contributed by atoms with van der Waals surface area (Å²) in [5.41, 5.74) is 1.34. The van der Waals surface area contributed by atoms with Gasteiger partial charge in [-0.2, -0.15) is 0 Å². The molecule has 1 saturated heterocycles. The third-order valence-corrected chi connectivity index (χ3v) is 3.22. The van der Waals surface area contributed by atoms with Gasteiger partial charge >= 0.3 is 0 Å². The van der Waals surface area contributed by atoms with E-state index >= 15 is 0 Å². The van der Waals surface area contributed by atoms with Gasteiger partial charge in [0.1, 0.15) is 5.82 Å². The first-order valence-electron chi connectivity index (χ1n) is 5.92. The molecule has 88 valence electrons. The summed E-state index contributed by atoms with van der Waals surface area (Å²) in [5, 5.41) is 3.49. The molecule has 1 aliphatic heterocycles. The third-order valence-electron chi connectivity index (χ3n) is 3.22. The van der Waals surface area contributed by atoms with Gasteiger partial charge in [-0.3, -0.25) is 0 Å². The molecule has 1 aromatic carbocycles. The Morgan fingerprint density at radius 1 is 1.38 bits per heavy atom. The zero-order valence-corrected chi connectivity index (χ0v) is 10.3. The fraction of sp³-hybridized carbons (Fsp3) is 0.571. The van der Waals surface area contributed by atoms with Crippen LogP contribution < -0.4 is 5.32 Å². The summed E-state index contributed by atoms with van der Waals surface area (Å²) in [6.07, 6.45) is 2.15. The van der Waals surface area contributed by atoms with Crippen LogP contribution in [-0.2, 0) is 5.54 Å². The molecule has 0 amide bonds. The van der Waals surface area contributed by atoms with Crippen molar-refractivity contribution >= 4 is 0 Å². The van der Waals surface area contributed by atoms with Crippen molar-refractivity contribution in [1.29, 1.82) is 0 Å². The van der Waals surface area contributed by atoms with Crippen molar-refractivity contribution in [2.24, 2.45) is 5.41 Å². The van der Waals surface area contributed by atoms with Crippen LogP contribution >= 0.6 is 0 Å². The predicted molar refractivity (Wildman–Crippen MR) is 64.8 cm³/mol. The topological polar surface area (TPSA) is 12.0 Å². The third kappa shape index (κ3) is 2.27. The maximum absolute atomic E-state index is 13.3. The molecule has 0 aliphatic carbocycles. The van der Waals surface area contributed by atoms with E-state index in [2.05, 4.69) is 26.1 Å². The lowest BCUT2D eigenvalue weighted by molar-refractivity contribution is 0.131. The van der Waals surface area contributed by atoms with E-state index in [0.29, 0.717) is 0 Å². The van der Waals surface area contributed by atoms with Crippen LogP contribution in [0.2, 0.25) is 0 Å². The summed E-state index contributed by atoms with van der Waals surface area (Å²) in [6.45, 7) is 7.72. The van der Waals surface area contributed by atoms with Crippen molar-refractivity contribution in [3.63, 3.8) is 0 Å². The lowest BCUT2D eigenvalue weighted by atomic mass is 9.70. The molecule has 1 atom stereocenters. The first-order chi connectivity index (χ1) is 7.41. The van der Waals surface area contributed by atoms with Crippen LogP contribution in [0, 0.1) is 11.2 Å². The van der Waals surface area contributed by atoms with Gasteiger partial charge < -0.3 is 5.32 Å². The Morgan fingerprint density at radius 2 is 2.06 bits per heavy atom. The number of benzene rings is 1. The SMILES string of the molecule is CC(C)(C)CC1(c2cccc(F)c2)CCN1. The van der Waals surface area contributed by atoms with Gasteiger partial charge in [0.2, 0.25) is 0 Å². The Bertz CT molecular complexity index is 375. The summed E-state index contributed by atoms with van der Waals surface area (Å²) in [6, 6.07) is 7.00. The molecule has 0 radical (unpaired) electrons. The molecular weight excluding hydrogens is 201 g/mol. The van der Waals surface area contributed by atoms with Crippen LogP contribution in [0.15, 0.2) is 24.3 Å². The Hall–Kier alpha value is -0.890. The molecule has 0 aromatic heterocycles. The fourth-order valence-electron chi connectivity index (χ4n) is 2.62. The average Bonchev–Trinajstić information content (AvgIpc) is 2.10. The highest BCUT2D eigenvalue weighted by Gasteiger charge is 2.41. The Balaban J connectivity index is 2.28. The molecule has 1 heterocycles. The smallest absolute Gasteiger partial charge is 0.123 e. The average molecular weight is 221 g/mol. The lowest BCUT2D eigenvalue weighted by Crippen LogP contribution is -2.55. The summed E-state index contributed by atoms with van der Waals surface area (Å²) in [4.78, 5) is 0. The minimum Gasteiger partial charge on any atom is -0.307 e. The Labute approximate surface area is 97.1 Å². The van der Waals surface area contributed by atoms with Crippen molar-refractivity contribution in [3.05, 3.63) is 35.6 Å². The van der Waals surface area contributed by atoms with Gasteiger partial charge in [0.15, 0.2) is 0 Å². The molecule has 0 bridgehead atoms. The lowest BCUT2D eigenvalue weighted by Gasteiger charge is -2.47. The van der Waals surface area contributed by atoms with Gasteiger partial charge in [0.05, 0.1) is 0 Å². The zero-order chi connectivity index (χ0) is 11.8. The molecule has 2 rings (SSSR count). The van der Waals surface area contributed by atoms with Crippen molar-refractivity contribution in [3.8, 4) is 0 Å². The summed E-state index contributed by atoms with van der Waals surface area (Å²) in [7, 11) is 0. The molecular formula is C14H20FN. The van der Waals surface area contributed by atoms with E-state index in [1.165, 1.54) is 6.07 Å². The first-order valence-corrected chi connectivity index (χ1v) is 5.92. The van der Waals surface area contributed by atoms with Crippen LogP contribution in [0.1, 0.15) is 39.2 Å². The number of rotatable bonds is 2. The van der Waals surface area contributed by atoms with Crippen molar-refractivity contribution in [1.82, 2.24) is 5.32 Å². The van der Waals surface area contributed by atoms with Crippen molar-refractivity contribution in [2.75, 3.05) is 6.54 Å². The first kappa shape index (κ1) is 11.6. The molecule has 16 heavy (non-hydrogen) atoms. The standard InChI is InChI=1S/C14H20FN/c1-13(2,3)10-14(7-8-16-14)11-5-4-6-12(15)9-11/h4-6,9,16H,7-8,10H2,1-3H3. The molecule has 1 nitrogen and oxygen atoms in total. The number of nitrogens with one attached hydrogen (secondary N) is 1. The van der Waals surface area contributed by atoms with E-state index in [1.807, 2.05) is 6.07 Å². The van der Waals surface area contributed by atoms with Crippen LogP contribution in [0.5, 0.6) is 0 Å². The highest BCUT2D eigenvalue weighted by Crippen LogP contribution is 2.41. The van der Waals surface area contributed by atoms with Gasteiger partial charge in [-0.05, 0) is 42.5 Å². The number of hydrogen-bond donors (Lipinski definition) is 1. The van der Waals surface area contributed by atoms with Crippen molar-refractivity contribution < 1.29 is 4.39 Å². The summed E-state index contributed by atoms with van der Waals surface area (Å²) < 4.78 is 13.3. The predicted octanol–water partition coefficient (Wildman–Crippen LogP) is 3.45. The normalized spacial score (nSPS) is 25.2. The van der Waals surface area contributed by atoms with E-state index < -0.39 is 0 Å².